The molecular formula is C23H31ClN4O2. The molecule has 0 spiro atoms. The van der Waals surface area contributed by atoms with Crippen LogP contribution in [0.15, 0.2) is 62.2 Å². The van der Waals surface area contributed by atoms with Crippen LogP contribution < -0.4 is 5.32 Å². The lowest BCUT2D eigenvalue weighted by atomic mass is 9.74. The molecule has 0 bridgehead atoms. The summed E-state index contributed by atoms with van der Waals surface area (Å²) in [5.74, 6) is 0.710. The molecule has 0 aromatic rings. The molecule has 0 radical (unpaired) electrons. The van der Waals surface area contributed by atoms with Crippen molar-refractivity contribution in [2.45, 2.75) is 51.7 Å². The smallest absolute Gasteiger partial charge is 0.218 e. The number of oxime groups is 1. The van der Waals surface area contributed by atoms with Gasteiger partial charge in [0.25, 0.3) is 0 Å². The molecule has 30 heavy (non-hydrogen) atoms. The largest absolute Gasteiger partial charge is 0.411 e. The molecule has 162 valence electrons. The number of ether oxygens (including phenoxy) is 1. The molecule has 7 heteroatoms. The van der Waals surface area contributed by atoms with E-state index in [1.165, 1.54) is 0 Å². The maximum absolute atomic E-state index is 9.59. The van der Waals surface area contributed by atoms with E-state index < -0.39 is 0 Å². The Morgan fingerprint density at radius 2 is 2.30 bits per heavy atom. The lowest BCUT2D eigenvalue weighted by Crippen LogP contribution is -2.42. The molecule has 3 rings (SSSR count). The number of guanidine groups is 1. The van der Waals surface area contributed by atoms with Gasteiger partial charge in [-0.3, -0.25) is 0 Å². The zero-order valence-corrected chi connectivity index (χ0v) is 18.4. The molecule has 2 N–H and O–H groups in total. The van der Waals surface area contributed by atoms with Crippen LogP contribution in [0.3, 0.4) is 0 Å². The van der Waals surface area contributed by atoms with Crippen LogP contribution in [0.4, 0.5) is 0 Å². The Labute approximate surface area is 183 Å². The fraction of sp³-hybridized carbons (Fsp3) is 0.522. The van der Waals surface area contributed by atoms with Gasteiger partial charge < -0.3 is 15.3 Å². The second-order valence-corrected chi connectivity index (χ2v) is 8.11. The maximum Gasteiger partial charge on any atom is 0.218 e. The Morgan fingerprint density at radius 1 is 1.43 bits per heavy atom. The van der Waals surface area contributed by atoms with Gasteiger partial charge in [0.2, 0.25) is 5.96 Å². The van der Waals surface area contributed by atoms with E-state index in [0.717, 1.165) is 29.9 Å². The third-order valence-electron chi connectivity index (χ3n) is 5.62. The number of hydrogen-bond acceptors (Lipinski definition) is 6. The average molecular weight is 431 g/mol. The highest BCUT2D eigenvalue weighted by Crippen LogP contribution is 2.37. The molecule has 0 aromatic heterocycles. The van der Waals surface area contributed by atoms with Crippen LogP contribution in [-0.2, 0) is 4.74 Å². The molecule has 3 aliphatic rings. The summed E-state index contributed by atoms with van der Waals surface area (Å²) in [6, 6.07) is -0.0245. The second kappa shape index (κ2) is 11.3. The van der Waals surface area contributed by atoms with Gasteiger partial charge in [0.05, 0.1) is 30.4 Å². The predicted molar refractivity (Wildman–Crippen MR) is 124 cm³/mol. The first-order chi connectivity index (χ1) is 14.7. The zero-order valence-electron chi connectivity index (χ0n) is 17.7. The lowest BCUT2D eigenvalue weighted by Gasteiger charge is -2.35. The van der Waals surface area contributed by atoms with Crippen molar-refractivity contribution in [3.8, 4) is 0 Å². The number of nitrogens with one attached hydrogen (secondary N) is 1. The predicted octanol–water partition coefficient (Wildman–Crippen LogP) is 4.62. The molecule has 3 unspecified atom stereocenters. The first-order valence-corrected chi connectivity index (χ1v) is 11.1. The molecule has 1 fully saturated rings. The Balaban J connectivity index is 1.62. The minimum Gasteiger partial charge on any atom is -0.411 e. The van der Waals surface area contributed by atoms with E-state index in [0.29, 0.717) is 31.2 Å². The number of fused-ring (bicyclic) bond motifs is 1. The highest BCUT2D eigenvalue weighted by Gasteiger charge is 2.38. The Hall–Kier alpha value is -2.18. The van der Waals surface area contributed by atoms with E-state index >= 15 is 0 Å². The Morgan fingerprint density at radius 3 is 3.00 bits per heavy atom. The van der Waals surface area contributed by atoms with E-state index in [1.54, 1.807) is 0 Å². The summed E-state index contributed by atoms with van der Waals surface area (Å²) in [6.45, 7) is 5.25. The topological polar surface area (TPSA) is 78.6 Å². The number of aliphatic imine (C=N–C) groups is 2. The molecule has 0 saturated heterocycles. The summed E-state index contributed by atoms with van der Waals surface area (Å²) >= 11 is 6.52. The first-order valence-electron chi connectivity index (χ1n) is 10.7. The molecule has 0 amide bonds. The third kappa shape index (κ3) is 5.70. The zero-order chi connectivity index (χ0) is 21.3. The third-order valence-corrected chi connectivity index (χ3v) is 6.11. The van der Waals surface area contributed by atoms with Crippen molar-refractivity contribution in [3.63, 3.8) is 0 Å². The fourth-order valence-electron chi connectivity index (χ4n) is 4.11. The van der Waals surface area contributed by atoms with Gasteiger partial charge in [-0.25, -0.2) is 9.98 Å². The van der Waals surface area contributed by atoms with Gasteiger partial charge in [-0.15, -0.1) is 0 Å². The van der Waals surface area contributed by atoms with Gasteiger partial charge in [0, 0.05) is 17.8 Å². The van der Waals surface area contributed by atoms with Crippen molar-refractivity contribution >= 4 is 29.5 Å². The van der Waals surface area contributed by atoms with Crippen LogP contribution in [0.2, 0.25) is 0 Å². The molecule has 0 aromatic carbocycles. The van der Waals surface area contributed by atoms with Crippen LogP contribution >= 0.6 is 11.6 Å². The number of rotatable bonds is 7. The first kappa shape index (κ1) is 22.5. The molecule has 2 aliphatic carbocycles. The highest BCUT2D eigenvalue weighted by molar-refractivity contribution is 6.30. The summed E-state index contributed by atoms with van der Waals surface area (Å²) < 4.78 is 5.84. The highest BCUT2D eigenvalue weighted by atomic mass is 35.5. The van der Waals surface area contributed by atoms with Crippen molar-refractivity contribution in [3.05, 3.63) is 47.1 Å². The summed E-state index contributed by atoms with van der Waals surface area (Å²) in [5.41, 5.74) is 1.82. The van der Waals surface area contributed by atoms with Crippen molar-refractivity contribution in [1.82, 2.24) is 5.32 Å². The number of hydrogen-bond donors (Lipinski definition) is 2. The number of halogens is 1. The standard InChI is InChI=1S/C23H31ClN4O2/c1-3-8-18(20(24)4-2)16-13-21-19(22(14-16)28-29)15-26-23(27-21)25-11-12-30-17-9-6-5-7-10-17/h3,5-9,15-17,19,21,29H,4,10-14H2,1-2H3,(H,25,27)/b8-3-,20-18-,28-22+/t16?,17?,19-,21?/m1/s1. The van der Waals surface area contributed by atoms with Gasteiger partial charge >= 0.3 is 0 Å². The van der Waals surface area contributed by atoms with E-state index in [4.69, 9.17) is 21.3 Å². The van der Waals surface area contributed by atoms with Crippen LogP contribution in [0.25, 0.3) is 0 Å². The van der Waals surface area contributed by atoms with Crippen molar-refractivity contribution in [2.75, 3.05) is 13.2 Å². The normalized spacial score (nSPS) is 30.4. The van der Waals surface area contributed by atoms with E-state index in [2.05, 4.69) is 33.7 Å². The Kier molecular flexibility index (Phi) is 8.46. The van der Waals surface area contributed by atoms with Crippen LogP contribution in [-0.4, -0.2) is 48.4 Å². The summed E-state index contributed by atoms with van der Waals surface area (Å²) in [5, 5.41) is 17.3. The monoisotopic (exact) mass is 430 g/mol. The average Bonchev–Trinajstić information content (AvgIpc) is 2.79. The van der Waals surface area contributed by atoms with Crippen molar-refractivity contribution in [1.29, 1.82) is 0 Å². The van der Waals surface area contributed by atoms with Gasteiger partial charge in [-0.1, -0.05) is 60.1 Å². The second-order valence-electron chi connectivity index (χ2n) is 7.65. The van der Waals surface area contributed by atoms with Gasteiger partial charge in [-0.2, -0.15) is 0 Å². The SMILES string of the molecule is C/C=C\C(=C(\Cl)CC)C1C/C(=N\O)[C@@H]2C=NC(NCCOC3C=CC=CC3)=NC2C1. The molecule has 1 aliphatic heterocycles. The summed E-state index contributed by atoms with van der Waals surface area (Å²) in [6.07, 6.45) is 17.5. The molecule has 1 heterocycles. The van der Waals surface area contributed by atoms with Crippen molar-refractivity contribution < 1.29 is 9.94 Å². The summed E-state index contributed by atoms with van der Waals surface area (Å²) in [7, 11) is 0. The minimum atomic E-state index is -0.0699. The maximum atomic E-state index is 9.59. The minimum absolute atomic E-state index is 0.0245. The quantitative estimate of drug-likeness (QED) is 0.267. The van der Waals surface area contributed by atoms with Crippen LogP contribution in [0.1, 0.15) is 39.5 Å². The van der Waals surface area contributed by atoms with Crippen LogP contribution in [0.5, 0.6) is 0 Å². The van der Waals surface area contributed by atoms with Crippen LogP contribution in [0, 0.1) is 11.8 Å². The number of allylic oxidation sites excluding steroid dienone is 6. The molecule has 6 nitrogen and oxygen atoms in total. The van der Waals surface area contributed by atoms with E-state index in [1.807, 2.05) is 38.3 Å². The van der Waals surface area contributed by atoms with Gasteiger partial charge in [0.1, 0.15) is 0 Å². The summed E-state index contributed by atoms with van der Waals surface area (Å²) in [4.78, 5) is 9.25. The van der Waals surface area contributed by atoms with Gasteiger partial charge in [0.15, 0.2) is 0 Å². The molecule has 4 atom stereocenters. The Bertz CT molecular complexity index is 810. The van der Waals surface area contributed by atoms with Gasteiger partial charge in [-0.05, 0) is 44.1 Å². The number of nitrogens with zero attached hydrogens (tertiary/aromatic N) is 3. The molecule has 1 saturated carbocycles. The van der Waals surface area contributed by atoms with E-state index in [9.17, 15) is 5.21 Å². The lowest BCUT2D eigenvalue weighted by molar-refractivity contribution is 0.0906. The van der Waals surface area contributed by atoms with E-state index in [-0.39, 0.29) is 24.0 Å². The molecular weight excluding hydrogens is 400 g/mol. The van der Waals surface area contributed by atoms with Crippen molar-refractivity contribution in [2.24, 2.45) is 27.0 Å². The fourth-order valence-corrected chi connectivity index (χ4v) is 4.33.